The molecule has 0 fully saturated rings. The van der Waals surface area contributed by atoms with E-state index in [4.69, 9.17) is 5.41 Å². The Hall–Kier alpha value is -2.62. The van der Waals surface area contributed by atoms with Gasteiger partial charge < -0.3 is 9.13 Å². The van der Waals surface area contributed by atoms with Crippen molar-refractivity contribution in [2.24, 2.45) is 7.05 Å². The molecule has 130 valence electrons. The fourth-order valence-corrected chi connectivity index (χ4v) is 3.37. The van der Waals surface area contributed by atoms with Crippen LogP contribution in [0.25, 0.3) is 11.0 Å². The SMILES string of the molecule is CCCCCc1cccc2c1n(C)c(=N)n2CC(=O)c1ccccc1. The summed E-state index contributed by atoms with van der Waals surface area (Å²) in [5.74, 6) is 0.0305. The van der Waals surface area contributed by atoms with Gasteiger partial charge in [-0.15, -0.1) is 0 Å². The highest BCUT2D eigenvalue weighted by atomic mass is 16.1. The van der Waals surface area contributed by atoms with E-state index in [9.17, 15) is 4.79 Å². The summed E-state index contributed by atoms with van der Waals surface area (Å²) in [6.45, 7) is 2.40. The Bertz CT molecular complexity index is 935. The lowest BCUT2D eigenvalue weighted by Gasteiger charge is -2.06. The van der Waals surface area contributed by atoms with Crippen molar-refractivity contribution >= 4 is 16.8 Å². The van der Waals surface area contributed by atoms with E-state index >= 15 is 0 Å². The average Bonchev–Trinajstić information content (AvgIpc) is 2.88. The highest BCUT2D eigenvalue weighted by molar-refractivity contribution is 5.96. The zero-order valence-corrected chi connectivity index (χ0v) is 15.0. The van der Waals surface area contributed by atoms with Gasteiger partial charge in [0, 0.05) is 12.6 Å². The average molecular weight is 335 g/mol. The molecule has 3 aromatic rings. The van der Waals surface area contributed by atoms with Gasteiger partial charge in [0.2, 0.25) is 5.62 Å². The van der Waals surface area contributed by atoms with E-state index in [2.05, 4.69) is 13.0 Å². The van der Waals surface area contributed by atoms with Crippen molar-refractivity contribution in [3.8, 4) is 0 Å². The largest absolute Gasteiger partial charge is 0.313 e. The van der Waals surface area contributed by atoms with Gasteiger partial charge in [-0.1, -0.05) is 62.2 Å². The Labute approximate surface area is 148 Å². The van der Waals surface area contributed by atoms with Gasteiger partial charge in [-0.2, -0.15) is 0 Å². The fraction of sp³-hybridized carbons (Fsp3) is 0.333. The molecular formula is C21H25N3O. The number of hydrogen-bond donors (Lipinski definition) is 1. The monoisotopic (exact) mass is 335 g/mol. The predicted molar refractivity (Wildman–Crippen MR) is 101 cm³/mol. The third-order valence-corrected chi connectivity index (χ3v) is 4.75. The van der Waals surface area contributed by atoms with Crippen LogP contribution in [0.5, 0.6) is 0 Å². The van der Waals surface area contributed by atoms with Gasteiger partial charge in [0.25, 0.3) is 0 Å². The lowest BCUT2D eigenvalue weighted by Crippen LogP contribution is -2.25. The quantitative estimate of drug-likeness (QED) is 0.513. The number of hydrogen-bond acceptors (Lipinski definition) is 2. The molecule has 0 spiro atoms. The van der Waals surface area contributed by atoms with E-state index in [1.54, 1.807) is 0 Å². The fourth-order valence-electron chi connectivity index (χ4n) is 3.37. The van der Waals surface area contributed by atoms with Crippen LogP contribution in [0.2, 0.25) is 0 Å². The van der Waals surface area contributed by atoms with E-state index in [1.165, 1.54) is 18.4 Å². The maximum atomic E-state index is 12.6. The molecule has 1 aromatic heterocycles. The smallest absolute Gasteiger partial charge is 0.203 e. The van der Waals surface area contributed by atoms with Gasteiger partial charge in [-0.25, -0.2) is 0 Å². The molecule has 25 heavy (non-hydrogen) atoms. The molecule has 0 saturated heterocycles. The van der Waals surface area contributed by atoms with Crippen LogP contribution in [0.1, 0.15) is 42.1 Å². The van der Waals surface area contributed by atoms with Crippen LogP contribution in [0.3, 0.4) is 0 Å². The first kappa shape index (κ1) is 17.2. The van der Waals surface area contributed by atoms with Gasteiger partial charge in [0.15, 0.2) is 5.78 Å². The van der Waals surface area contributed by atoms with Gasteiger partial charge in [-0.3, -0.25) is 10.2 Å². The standard InChI is InChI=1S/C21H25N3O/c1-3-4-6-12-17-13-9-14-18-20(17)23(2)21(22)24(18)15-19(25)16-10-7-5-8-11-16/h5,7-11,13-14,22H,3-4,6,12,15H2,1-2H3. The van der Waals surface area contributed by atoms with Crippen LogP contribution in [0.15, 0.2) is 48.5 Å². The second-order valence-corrected chi connectivity index (χ2v) is 6.50. The number of unbranched alkanes of at least 4 members (excludes halogenated alkanes) is 2. The number of carbonyl (C=O) groups excluding carboxylic acids is 1. The van der Waals surface area contributed by atoms with Crippen LogP contribution in [-0.2, 0) is 20.0 Å². The summed E-state index contributed by atoms with van der Waals surface area (Å²) in [5, 5.41) is 8.46. The van der Waals surface area contributed by atoms with Crippen LogP contribution >= 0.6 is 0 Å². The highest BCUT2D eigenvalue weighted by Gasteiger charge is 2.15. The summed E-state index contributed by atoms with van der Waals surface area (Å²) >= 11 is 0. The minimum Gasteiger partial charge on any atom is -0.313 e. The molecule has 0 aliphatic carbocycles. The van der Waals surface area contributed by atoms with E-state index in [1.807, 2.05) is 58.6 Å². The number of imidazole rings is 1. The lowest BCUT2D eigenvalue weighted by atomic mass is 10.1. The van der Waals surface area contributed by atoms with Crippen LogP contribution < -0.4 is 5.62 Å². The topological polar surface area (TPSA) is 50.8 Å². The molecule has 0 radical (unpaired) electrons. The van der Waals surface area contributed by atoms with Gasteiger partial charge in [-0.05, 0) is 24.5 Å². The van der Waals surface area contributed by atoms with E-state index in [-0.39, 0.29) is 12.3 Å². The number of fused-ring (bicyclic) bond motifs is 1. The molecule has 1 N–H and O–H groups in total. The van der Waals surface area contributed by atoms with E-state index in [0.717, 1.165) is 23.9 Å². The molecule has 4 nitrogen and oxygen atoms in total. The molecule has 3 rings (SSSR count). The van der Waals surface area contributed by atoms with E-state index in [0.29, 0.717) is 11.2 Å². The second kappa shape index (κ2) is 7.51. The van der Waals surface area contributed by atoms with Crippen molar-refractivity contribution in [3.05, 3.63) is 65.3 Å². The molecule has 4 heteroatoms. The zero-order chi connectivity index (χ0) is 17.8. The number of nitrogens with zero attached hydrogens (tertiary/aromatic N) is 2. The van der Waals surface area contributed by atoms with Crippen molar-refractivity contribution in [3.63, 3.8) is 0 Å². The molecule has 0 atom stereocenters. The minimum absolute atomic E-state index is 0.0305. The summed E-state index contributed by atoms with van der Waals surface area (Å²) in [6.07, 6.45) is 4.56. The molecular weight excluding hydrogens is 310 g/mol. The maximum absolute atomic E-state index is 12.6. The van der Waals surface area contributed by atoms with Crippen molar-refractivity contribution < 1.29 is 4.79 Å². The number of rotatable bonds is 7. The van der Waals surface area contributed by atoms with E-state index < -0.39 is 0 Å². The minimum atomic E-state index is 0.0305. The second-order valence-electron chi connectivity index (χ2n) is 6.50. The predicted octanol–water partition coefficient (Wildman–Crippen LogP) is 4.07. The van der Waals surface area contributed by atoms with Gasteiger partial charge in [0.1, 0.15) is 0 Å². The summed E-state index contributed by atoms with van der Waals surface area (Å²) in [7, 11) is 1.91. The van der Waals surface area contributed by atoms with Crippen LogP contribution in [-0.4, -0.2) is 14.9 Å². The summed E-state index contributed by atoms with van der Waals surface area (Å²) in [4.78, 5) is 12.6. The first-order chi connectivity index (χ1) is 12.1. The van der Waals surface area contributed by atoms with Gasteiger partial charge >= 0.3 is 0 Å². The Morgan fingerprint density at radius 1 is 1.04 bits per heavy atom. The number of carbonyl (C=O) groups is 1. The molecule has 0 bridgehead atoms. The summed E-state index contributed by atoms with van der Waals surface area (Å²) < 4.78 is 3.71. The van der Waals surface area contributed by atoms with Crippen molar-refractivity contribution in [2.75, 3.05) is 0 Å². The third-order valence-electron chi connectivity index (χ3n) is 4.75. The van der Waals surface area contributed by atoms with Gasteiger partial charge in [0.05, 0.1) is 17.6 Å². The first-order valence-corrected chi connectivity index (χ1v) is 8.93. The summed E-state index contributed by atoms with van der Waals surface area (Å²) in [5.41, 5.74) is 4.34. The number of aromatic nitrogens is 2. The first-order valence-electron chi connectivity index (χ1n) is 8.93. The van der Waals surface area contributed by atoms with Crippen molar-refractivity contribution in [1.29, 1.82) is 5.41 Å². The Morgan fingerprint density at radius 3 is 2.52 bits per heavy atom. The molecule has 2 aromatic carbocycles. The van der Waals surface area contributed by atoms with Crippen molar-refractivity contribution in [1.82, 2.24) is 9.13 Å². The number of ketones is 1. The van der Waals surface area contributed by atoms with Crippen LogP contribution in [0.4, 0.5) is 0 Å². The highest BCUT2D eigenvalue weighted by Crippen LogP contribution is 2.20. The number of benzene rings is 2. The lowest BCUT2D eigenvalue weighted by molar-refractivity contribution is 0.0971. The van der Waals surface area contributed by atoms with Crippen molar-refractivity contribution in [2.45, 2.75) is 39.2 Å². The number of Topliss-reactive ketones (excluding diaryl/α,β-unsaturated/α-hetero) is 1. The van der Waals surface area contributed by atoms with Crippen LogP contribution in [0, 0.1) is 5.41 Å². The molecule has 0 unspecified atom stereocenters. The number of nitrogens with one attached hydrogen (secondary N) is 1. The third kappa shape index (κ3) is 3.43. The molecule has 0 aliphatic heterocycles. The number of aryl methyl sites for hydroxylation is 2. The Kier molecular flexibility index (Phi) is 5.17. The Balaban J connectivity index is 1.99. The number of para-hydroxylation sites is 1. The maximum Gasteiger partial charge on any atom is 0.203 e. The Morgan fingerprint density at radius 2 is 1.80 bits per heavy atom. The molecule has 1 heterocycles. The normalized spacial score (nSPS) is 11.1. The zero-order valence-electron chi connectivity index (χ0n) is 15.0. The summed E-state index contributed by atoms with van der Waals surface area (Å²) in [6, 6.07) is 15.5. The molecule has 0 amide bonds. The molecule has 0 aliphatic rings. The molecule has 0 saturated carbocycles.